The number of hydrogen-bond acceptors (Lipinski definition) is 1. The van der Waals surface area contributed by atoms with Gasteiger partial charge in [0.15, 0.2) is 0 Å². The minimum atomic E-state index is 0.0118. The number of pyridine rings is 1. The third-order valence-electron chi connectivity index (χ3n) is 2.45. The Kier molecular flexibility index (Phi) is 3.42. The van der Waals surface area contributed by atoms with Crippen molar-refractivity contribution in [1.82, 2.24) is 4.57 Å². The molecule has 0 radical (unpaired) electrons. The van der Waals surface area contributed by atoms with E-state index in [1.807, 2.05) is 37.3 Å². The van der Waals surface area contributed by atoms with Crippen molar-refractivity contribution in [3.63, 3.8) is 0 Å². The second-order valence-electron chi connectivity index (χ2n) is 3.66. The van der Waals surface area contributed by atoms with E-state index < -0.39 is 0 Å². The van der Waals surface area contributed by atoms with Gasteiger partial charge in [-0.25, -0.2) is 0 Å². The quantitative estimate of drug-likeness (QED) is 0.680. The summed E-state index contributed by atoms with van der Waals surface area (Å²) in [5.41, 5.74) is 1.84. The van der Waals surface area contributed by atoms with Gasteiger partial charge in [-0.05, 0) is 25.1 Å². The van der Waals surface area contributed by atoms with Crippen molar-refractivity contribution in [2.24, 2.45) is 0 Å². The normalized spacial score (nSPS) is 9.47. The number of hydrogen-bond donors (Lipinski definition) is 0. The molecule has 1 heterocycles. The van der Waals surface area contributed by atoms with E-state index in [2.05, 4.69) is 11.8 Å². The van der Waals surface area contributed by atoms with Crippen molar-refractivity contribution >= 4 is 0 Å². The predicted molar refractivity (Wildman–Crippen MR) is 68.8 cm³/mol. The molecule has 0 unspecified atom stereocenters. The van der Waals surface area contributed by atoms with Crippen LogP contribution in [0.25, 0.3) is 0 Å². The van der Waals surface area contributed by atoms with Crippen LogP contribution in [0, 0.1) is 11.8 Å². The predicted octanol–water partition coefficient (Wildman–Crippen LogP) is 2.27. The molecule has 0 amide bonds. The summed E-state index contributed by atoms with van der Waals surface area (Å²) in [6, 6.07) is 13.1. The largest absolute Gasteiger partial charge is 0.315 e. The van der Waals surface area contributed by atoms with Crippen LogP contribution in [0.15, 0.2) is 53.5 Å². The third kappa shape index (κ3) is 2.85. The molecule has 0 saturated heterocycles. The molecule has 0 aliphatic heterocycles. The minimum Gasteiger partial charge on any atom is -0.315 e. The SMILES string of the molecule is CCn1cc(C#Cc2ccccc2)ccc1=O. The van der Waals surface area contributed by atoms with Gasteiger partial charge in [0.1, 0.15) is 0 Å². The molecule has 0 aliphatic carbocycles. The summed E-state index contributed by atoms with van der Waals surface area (Å²) < 4.78 is 1.65. The molecule has 2 rings (SSSR count). The first-order valence-corrected chi connectivity index (χ1v) is 5.57. The lowest BCUT2D eigenvalue weighted by Crippen LogP contribution is -2.17. The Balaban J connectivity index is 2.31. The van der Waals surface area contributed by atoms with Crippen molar-refractivity contribution in [2.75, 3.05) is 0 Å². The van der Waals surface area contributed by atoms with Gasteiger partial charge in [-0.15, -0.1) is 0 Å². The Hall–Kier alpha value is -2.27. The van der Waals surface area contributed by atoms with E-state index in [-0.39, 0.29) is 5.56 Å². The highest BCUT2D eigenvalue weighted by Crippen LogP contribution is 1.98. The Morgan fingerprint density at radius 2 is 1.71 bits per heavy atom. The van der Waals surface area contributed by atoms with Crippen molar-refractivity contribution in [3.05, 3.63) is 70.1 Å². The van der Waals surface area contributed by atoms with Gasteiger partial charge in [0.2, 0.25) is 0 Å². The van der Waals surface area contributed by atoms with Gasteiger partial charge in [-0.3, -0.25) is 4.79 Å². The lowest BCUT2D eigenvalue weighted by Gasteiger charge is -2.00. The molecule has 0 aliphatic rings. The molecule has 0 N–H and O–H groups in total. The van der Waals surface area contributed by atoms with Crippen LogP contribution in [0.3, 0.4) is 0 Å². The van der Waals surface area contributed by atoms with Gasteiger partial charge in [0, 0.05) is 29.9 Å². The molecule has 1 aromatic heterocycles. The van der Waals surface area contributed by atoms with Gasteiger partial charge >= 0.3 is 0 Å². The van der Waals surface area contributed by atoms with E-state index >= 15 is 0 Å². The van der Waals surface area contributed by atoms with E-state index in [9.17, 15) is 4.79 Å². The van der Waals surface area contributed by atoms with E-state index in [1.165, 1.54) is 0 Å². The molecule has 0 atom stereocenters. The third-order valence-corrected chi connectivity index (χ3v) is 2.45. The van der Waals surface area contributed by atoms with Gasteiger partial charge < -0.3 is 4.57 Å². The number of aryl methyl sites for hydroxylation is 1. The van der Waals surface area contributed by atoms with Gasteiger partial charge in [0.05, 0.1) is 0 Å². The second kappa shape index (κ2) is 5.18. The summed E-state index contributed by atoms with van der Waals surface area (Å²) in [6.07, 6.45) is 1.79. The molecule has 1 aromatic carbocycles. The van der Waals surface area contributed by atoms with Crippen molar-refractivity contribution in [3.8, 4) is 11.8 Å². The standard InChI is InChI=1S/C15H13NO/c1-2-16-12-14(10-11-15(16)17)9-8-13-6-4-3-5-7-13/h3-7,10-12H,2H2,1H3. The summed E-state index contributed by atoms with van der Waals surface area (Å²) in [6.45, 7) is 2.61. The molecule has 0 saturated carbocycles. The highest BCUT2D eigenvalue weighted by molar-refractivity contribution is 5.41. The van der Waals surface area contributed by atoms with Crippen LogP contribution < -0.4 is 5.56 Å². The number of aromatic nitrogens is 1. The summed E-state index contributed by atoms with van der Waals surface area (Å²) in [5.74, 6) is 6.12. The average molecular weight is 223 g/mol. The molecule has 2 heteroatoms. The van der Waals surface area contributed by atoms with E-state index in [4.69, 9.17) is 0 Å². The Labute approximate surface area is 101 Å². The zero-order valence-corrected chi connectivity index (χ0v) is 9.68. The topological polar surface area (TPSA) is 22.0 Å². The first kappa shape index (κ1) is 11.2. The monoisotopic (exact) mass is 223 g/mol. The molecule has 0 fully saturated rings. The van der Waals surface area contributed by atoms with Crippen LogP contribution in [0.5, 0.6) is 0 Å². The first-order chi connectivity index (χ1) is 8.29. The number of benzene rings is 1. The highest BCUT2D eigenvalue weighted by Gasteiger charge is 1.93. The maximum Gasteiger partial charge on any atom is 0.250 e. The maximum atomic E-state index is 11.4. The highest BCUT2D eigenvalue weighted by atomic mass is 16.1. The molecule has 84 valence electrons. The van der Waals surface area contributed by atoms with Crippen molar-refractivity contribution < 1.29 is 0 Å². The van der Waals surface area contributed by atoms with Crippen LogP contribution >= 0.6 is 0 Å². The minimum absolute atomic E-state index is 0.0118. The van der Waals surface area contributed by atoms with Crippen LogP contribution in [-0.2, 0) is 6.54 Å². The van der Waals surface area contributed by atoms with E-state index in [0.29, 0.717) is 6.54 Å². The molecule has 17 heavy (non-hydrogen) atoms. The van der Waals surface area contributed by atoms with E-state index in [1.54, 1.807) is 22.9 Å². The number of rotatable bonds is 1. The zero-order chi connectivity index (χ0) is 12.1. The van der Waals surface area contributed by atoms with Gasteiger partial charge in [0.25, 0.3) is 5.56 Å². The van der Waals surface area contributed by atoms with Crippen LogP contribution in [0.4, 0.5) is 0 Å². The van der Waals surface area contributed by atoms with Crippen molar-refractivity contribution in [2.45, 2.75) is 13.5 Å². The smallest absolute Gasteiger partial charge is 0.250 e. The number of nitrogens with zero attached hydrogens (tertiary/aromatic N) is 1. The molecule has 0 spiro atoms. The zero-order valence-electron chi connectivity index (χ0n) is 9.68. The second-order valence-corrected chi connectivity index (χ2v) is 3.66. The summed E-state index contributed by atoms with van der Waals surface area (Å²) in [4.78, 5) is 11.4. The Morgan fingerprint density at radius 3 is 2.41 bits per heavy atom. The first-order valence-electron chi connectivity index (χ1n) is 5.57. The average Bonchev–Trinajstić information content (AvgIpc) is 2.39. The van der Waals surface area contributed by atoms with Crippen LogP contribution in [0.2, 0.25) is 0 Å². The molecular weight excluding hydrogens is 210 g/mol. The fraction of sp³-hybridized carbons (Fsp3) is 0.133. The summed E-state index contributed by atoms with van der Waals surface area (Å²) >= 11 is 0. The summed E-state index contributed by atoms with van der Waals surface area (Å²) in [5, 5.41) is 0. The van der Waals surface area contributed by atoms with Crippen LogP contribution in [-0.4, -0.2) is 4.57 Å². The lowest BCUT2D eigenvalue weighted by molar-refractivity contribution is 0.725. The van der Waals surface area contributed by atoms with Gasteiger partial charge in [-0.1, -0.05) is 30.0 Å². The molecule has 2 aromatic rings. The molecule has 0 bridgehead atoms. The van der Waals surface area contributed by atoms with E-state index in [0.717, 1.165) is 11.1 Å². The fourth-order valence-electron chi connectivity index (χ4n) is 1.52. The molecule has 2 nitrogen and oxygen atoms in total. The van der Waals surface area contributed by atoms with Crippen LogP contribution in [0.1, 0.15) is 18.1 Å². The fourth-order valence-corrected chi connectivity index (χ4v) is 1.52. The van der Waals surface area contributed by atoms with Gasteiger partial charge in [-0.2, -0.15) is 0 Å². The Morgan fingerprint density at radius 1 is 1.00 bits per heavy atom. The van der Waals surface area contributed by atoms with Crippen molar-refractivity contribution in [1.29, 1.82) is 0 Å². The lowest BCUT2D eigenvalue weighted by atomic mass is 10.2. The molecular formula is C15H13NO. The maximum absolute atomic E-state index is 11.4. The Bertz CT molecular complexity index is 615. The summed E-state index contributed by atoms with van der Waals surface area (Å²) in [7, 11) is 0.